The van der Waals surface area contributed by atoms with Gasteiger partial charge in [0, 0.05) is 26.2 Å². The van der Waals surface area contributed by atoms with Crippen molar-refractivity contribution >= 4 is 10.0 Å². The molecule has 0 radical (unpaired) electrons. The Morgan fingerprint density at radius 1 is 0.969 bits per heavy atom. The van der Waals surface area contributed by atoms with Crippen molar-refractivity contribution in [3.63, 3.8) is 0 Å². The van der Waals surface area contributed by atoms with Gasteiger partial charge in [0.1, 0.15) is 5.75 Å². The van der Waals surface area contributed by atoms with Crippen LogP contribution in [0.5, 0.6) is 5.75 Å². The normalized spacial score (nSPS) is 15.8. The summed E-state index contributed by atoms with van der Waals surface area (Å²) in [4.78, 5) is 2.60. The second-order valence-electron chi connectivity index (χ2n) is 8.11. The summed E-state index contributed by atoms with van der Waals surface area (Å²) in [5.74, 6) is 1.47. The van der Waals surface area contributed by atoms with E-state index in [1.54, 1.807) is 16.1 Å². The summed E-state index contributed by atoms with van der Waals surface area (Å²) < 4.78 is 35.1. The highest BCUT2D eigenvalue weighted by molar-refractivity contribution is 7.89. The molecule has 10 heteroatoms. The molecule has 1 aliphatic rings. The minimum absolute atomic E-state index is 0.430. The maximum atomic E-state index is 13.3. The molecule has 3 aromatic rings. The van der Waals surface area contributed by atoms with Crippen molar-refractivity contribution < 1.29 is 13.2 Å². The fourth-order valence-electron chi connectivity index (χ4n) is 4.26. The summed E-state index contributed by atoms with van der Waals surface area (Å²) in [5.41, 5.74) is 3.50. The molecule has 9 nitrogen and oxygen atoms in total. The molecule has 0 spiro atoms. The van der Waals surface area contributed by atoms with E-state index in [0.717, 1.165) is 28.1 Å². The van der Waals surface area contributed by atoms with E-state index in [9.17, 15) is 8.42 Å². The number of tetrazole rings is 1. The molecule has 2 heterocycles. The zero-order chi connectivity index (χ0) is 22.9. The fourth-order valence-corrected chi connectivity index (χ4v) is 6.09. The maximum Gasteiger partial charge on any atom is 0.243 e. The highest BCUT2D eigenvalue weighted by Gasteiger charge is 2.31. The van der Waals surface area contributed by atoms with Gasteiger partial charge in [-0.15, -0.1) is 5.10 Å². The Kier molecular flexibility index (Phi) is 6.27. The average Bonchev–Trinajstić information content (AvgIpc) is 3.21. The van der Waals surface area contributed by atoms with Crippen LogP contribution < -0.4 is 4.74 Å². The van der Waals surface area contributed by atoms with Crippen molar-refractivity contribution in [1.29, 1.82) is 0 Å². The molecule has 4 rings (SSSR count). The Morgan fingerprint density at radius 2 is 1.59 bits per heavy atom. The maximum absolute atomic E-state index is 13.3. The molecule has 0 bridgehead atoms. The Bertz CT molecular complexity index is 1180. The van der Waals surface area contributed by atoms with Gasteiger partial charge in [0.2, 0.25) is 10.0 Å². The van der Waals surface area contributed by atoms with Crippen molar-refractivity contribution in [2.45, 2.75) is 32.2 Å². The van der Waals surface area contributed by atoms with Gasteiger partial charge in [-0.05, 0) is 66.6 Å². The number of hydrogen-bond donors (Lipinski definition) is 0. The van der Waals surface area contributed by atoms with Crippen LogP contribution in [0.25, 0.3) is 5.69 Å². The zero-order valence-electron chi connectivity index (χ0n) is 18.8. The summed E-state index contributed by atoms with van der Waals surface area (Å²) in [5, 5.41) is 12.1. The number of nitrogens with zero attached hydrogens (tertiary/aromatic N) is 6. The Balaban J connectivity index is 1.45. The summed E-state index contributed by atoms with van der Waals surface area (Å²) in [6, 6.07) is 11.4. The molecular formula is C22H28N6O3S. The molecule has 0 N–H and O–H groups in total. The number of benzene rings is 2. The monoisotopic (exact) mass is 456 g/mol. The number of aryl methyl sites for hydroxylation is 3. The number of hydrogen-bond acceptors (Lipinski definition) is 7. The Hall–Kier alpha value is -2.82. The van der Waals surface area contributed by atoms with Gasteiger partial charge in [0.15, 0.2) is 5.82 Å². The highest BCUT2D eigenvalue weighted by atomic mass is 32.2. The molecule has 170 valence electrons. The summed E-state index contributed by atoms with van der Waals surface area (Å²) in [7, 11) is -1.91. The predicted molar refractivity (Wildman–Crippen MR) is 120 cm³/mol. The fraction of sp³-hybridized carbons (Fsp3) is 0.409. The number of sulfonamides is 1. The van der Waals surface area contributed by atoms with Gasteiger partial charge in [-0.25, -0.2) is 8.42 Å². The first-order chi connectivity index (χ1) is 15.3. The number of ether oxygens (including phenoxy) is 1. The van der Waals surface area contributed by atoms with E-state index in [4.69, 9.17) is 4.74 Å². The smallest absolute Gasteiger partial charge is 0.243 e. The van der Waals surface area contributed by atoms with Gasteiger partial charge >= 0.3 is 0 Å². The van der Waals surface area contributed by atoms with Gasteiger partial charge in [-0.1, -0.05) is 17.7 Å². The number of rotatable bonds is 6. The molecule has 0 unspecified atom stereocenters. The third kappa shape index (κ3) is 4.38. The van der Waals surface area contributed by atoms with E-state index in [-0.39, 0.29) is 0 Å². The van der Waals surface area contributed by atoms with Crippen LogP contribution in [-0.4, -0.2) is 71.1 Å². The van der Waals surface area contributed by atoms with Crippen molar-refractivity contribution in [3.05, 3.63) is 58.9 Å². The number of piperazine rings is 1. The van der Waals surface area contributed by atoms with Crippen LogP contribution >= 0.6 is 0 Å². The number of methoxy groups -OCH3 is 1. The zero-order valence-corrected chi connectivity index (χ0v) is 19.6. The second-order valence-corrected chi connectivity index (χ2v) is 9.99. The van der Waals surface area contributed by atoms with Crippen molar-refractivity contribution in [2.75, 3.05) is 33.3 Å². The predicted octanol–water partition coefficient (Wildman–Crippen LogP) is 2.10. The van der Waals surface area contributed by atoms with Crippen LogP contribution in [0.4, 0.5) is 0 Å². The molecule has 0 atom stereocenters. The lowest BCUT2D eigenvalue weighted by Gasteiger charge is -2.34. The van der Waals surface area contributed by atoms with E-state index in [1.165, 1.54) is 0 Å². The Morgan fingerprint density at radius 3 is 2.19 bits per heavy atom. The summed E-state index contributed by atoms with van der Waals surface area (Å²) in [6.07, 6.45) is 0. The van der Waals surface area contributed by atoms with Crippen LogP contribution in [-0.2, 0) is 16.6 Å². The molecular weight excluding hydrogens is 428 g/mol. The molecule has 1 aromatic heterocycles. The van der Waals surface area contributed by atoms with Crippen molar-refractivity contribution in [1.82, 2.24) is 29.4 Å². The van der Waals surface area contributed by atoms with Gasteiger partial charge < -0.3 is 4.74 Å². The minimum Gasteiger partial charge on any atom is -0.497 e. The summed E-state index contributed by atoms with van der Waals surface area (Å²) in [6.45, 7) is 8.32. The van der Waals surface area contributed by atoms with Gasteiger partial charge in [-0.2, -0.15) is 8.99 Å². The molecule has 32 heavy (non-hydrogen) atoms. The van der Waals surface area contributed by atoms with E-state index in [1.807, 2.05) is 57.2 Å². The first kappa shape index (κ1) is 22.4. The lowest BCUT2D eigenvalue weighted by atomic mass is 10.1. The largest absolute Gasteiger partial charge is 0.497 e. The quantitative estimate of drug-likeness (QED) is 0.561. The summed E-state index contributed by atoms with van der Waals surface area (Å²) >= 11 is 0. The standard InChI is InChI=1S/C22H28N6O3S/c1-16-13-17(2)22(18(3)14-16)32(29,30)27-11-9-26(10-12-27)15-21-23-24-25-28(21)19-5-7-20(31-4)8-6-19/h5-8,13-14H,9-12,15H2,1-4H3. The minimum atomic E-state index is -3.53. The van der Waals surface area contributed by atoms with Gasteiger partial charge in [0.05, 0.1) is 24.2 Å². The van der Waals surface area contributed by atoms with Crippen molar-refractivity contribution in [2.24, 2.45) is 0 Å². The van der Waals surface area contributed by atoms with E-state index in [2.05, 4.69) is 20.4 Å². The van der Waals surface area contributed by atoms with Crippen LogP contribution in [0.3, 0.4) is 0 Å². The molecule has 0 saturated carbocycles. The lowest BCUT2D eigenvalue weighted by molar-refractivity contribution is 0.177. The molecule has 0 aliphatic carbocycles. The SMILES string of the molecule is COc1ccc(-n2nnnc2CN2CCN(S(=O)(=O)c3c(C)cc(C)cc3C)CC2)cc1. The molecule has 1 fully saturated rings. The molecule has 1 saturated heterocycles. The molecule has 1 aliphatic heterocycles. The highest BCUT2D eigenvalue weighted by Crippen LogP contribution is 2.26. The topological polar surface area (TPSA) is 93.4 Å². The van der Waals surface area contributed by atoms with Crippen LogP contribution in [0.2, 0.25) is 0 Å². The Labute approximate surface area is 188 Å². The van der Waals surface area contributed by atoms with Gasteiger partial charge in [-0.3, -0.25) is 4.90 Å². The molecule has 2 aromatic carbocycles. The second kappa shape index (κ2) is 8.97. The van der Waals surface area contributed by atoms with Crippen LogP contribution in [0.1, 0.15) is 22.5 Å². The van der Waals surface area contributed by atoms with Gasteiger partial charge in [0.25, 0.3) is 0 Å². The first-order valence-electron chi connectivity index (χ1n) is 10.5. The van der Waals surface area contributed by atoms with Crippen molar-refractivity contribution in [3.8, 4) is 11.4 Å². The van der Waals surface area contributed by atoms with E-state index < -0.39 is 10.0 Å². The number of aromatic nitrogens is 4. The van der Waals surface area contributed by atoms with Crippen LogP contribution in [0.15, 0.2) is 41.3 Å². The van der Waals surface area contributed by atoms with E-state index >= 15 is 0 Å². The van der Waals surface area contributed by atoms with E-state index in [0.29, 0.717) is 43.4 Å². The lowest BCUT2D eigenvalue weighted by Crippen LogP contribution is -2.48. The third-order valence-corrected chi connectivity index (χ3v) is 7.95. The molecule has 0 amide bonds. The third-order valence-electron chi connectivity index (χ3n) is 5.75. The first-order valence-corrected chi connectivity index (χ1v) is 12.0. The van der Waals surface area contributed by atoms with Crippen LogP contribution in [0, 0.1) is 20.8 Å². The average molecular weight is 457 g/mol.